The number of ether oxygens (including phenoxy) is 1. The van der Waals surface area contributed by atoms with Crippen LogP contribution in [0.15, 0.2) is 77.3 Å². The minimum Gasteiger partial charge on any atom is -0.381 e. The fourth-order valence-electron chi connectivity index (χ4n) is 2.94. The number of aldehydes is 1. The van der Waals surface area contributed by atoms with Crippen molar-refractivity contribution in [3.8, 4) is 0 Å². The van der Waals surface area contributed by atoms with Gasteiger partial charge in [-0.25, -0.2) is 0 Å². The van der Waals surface area contributed by atoms with E-state index in [0.717, 1.165) is 49.2 Å². The van der Waals surface area contributed by atoms with Gasteiger partial charge in [-0.05, 0) is 19.3 Å². The summed E-state index contributed by atoms with van der Waals surface area (Å²) in [4.78, 5) is 16.4. The SMILES string of the molecule is O=C[C@@H](CC=C1CCOCC1)N=C(c1ccccc1)c1ccccc1. The third kappa shape index (κ3) is 4.97. The van der Waals surface area contributed by atoms with Gasteiger partial charge >= 0.3 is 0 Å². The molecule has 0 bridgehead atoms. The Labute approximate surface area is 149 Å². The first kappa shape index (κ1) is 17.3. The topological polar surface area (TPSA) is 38.7 Å². The van der Waals surface area contributed by atoms with Crippen molar-refractivity contribution in [3.63, 3.8) is 0 Å². The Kier molecular flexibility index (Phi) is 6.29. The lowest BCUT2D eigenvalue weighted by Crippen LogP contribution is -2.13. The van der Waals surface area contributed by atoms with E-state index in [4.69, 9.17) is 9.73 Å². The maximum atomic E-state index is 11.6. The highest BCUT2D eigenvalue weighted by Gasteiger charge is 2.12. The summed E-state index contributed by atoms with van der Waals surface area (Å²) >= 11 is 0. The maximum absolute atomic E-state index is 11.6. The van der Waals surface area contributed by atoms with Crippen molar-refractivity contribution in [2.24, 2.45) is 4.99 Å². The number of hydrogen-bond acceptors (Lipinski definition) is 3. The fraction of sp³-hybridized carbons (Fsp3) is 0.273. The third-order valence-corrected chi connectivity index (χ3v) is 4.33. The van der Waals surface area contributed by atoms with Gasteiger partial charge in [0.2, 0.25) is 0 Å². The van der Waals surface area contributed by atoms with E-state index in [9.17, 15) is 4.79 Å². The number of rotatable bonds is 6. The highest BCUT2D eigenvalue weighted by molar-refractivity contribution is 6.13. The molecule has 1 fully saturated rings. The molecule has 0 spiro atoms. The summed E-state index contributed by atoms with van der Waals surface area (Å²) in [7, 11) is 0. The second-order valence-electron chi connectivity index (χ2n) is 6.12. The molecule has 1 aliphatic heterocycles. The van der Waals surface area contributed by atoms with Gasteiger partial charge in [-0.1, -0.05) is 72.3 Å². The Morgan fingerprint density at radius 2 is 1.52 bits per heavy atom. The molecule has 2 aromatic carbocycles. The summed E-state index contributed by atoms with van der Waals surface area (Å²) in [5.41, 5.74) is 4.29. The number of aliphatic imine (C=N–C) groups is 1. The Morgan fingerprint density at radius 3 is 2.04 bits per heavy atom. The molecular formula is C22H23NO2. The van der Waals surface area contributed by atoms with E-state index >= 15 is 0 Å². The molecule has 25 heavy (non-hydrogen) atoms. The first-order valence-electron chi connectivity index (χ1n) is 8.76. The van der Waals surface area contributed by atoms with Crippen molar-refractivity contribution in [2.45, 2.75) is 25.3 Å². The molecule has 0 aromatic heterocycles. The summed E-state index contributed by atoms with van der Waals surface area (Å²) in [6.07, 6.45) is 5.67. The molecule has 0 radical (unpaired) electrons. The first-order valence-corrected chi connectivity index (χ1v) is 8.76. The molecule has 1 saturated heterocycles. The van der Waals surface area contributed by atoms with Crippen molar-refractivity contribution in [1.82, 2.24) is 0 Å². The van der Waals surface area contributed by atoms with Gasteiger partial charge < -0.3 is 9.53 Å². The van der Waals surface area contributed by atoms with Crippen molar-refractivity contribution in [3.05, 3.63) is 83.4 Å². The minimum absolute atomic E-state index is 0.370. The lowest BCUT2D eigenvalue weighted by Gasteiger charge is -2.15. The van der Waals surface area contributed by atoms with Gasteiger partial charge in [0.25, 0.3) is 0 Å². The van der Waals surface area contributed by atoms with E-state index in [0.29, 0.717) is 6.42 Å². The van der Waals surface area contributed by atoms with Crippen LogP contribution in [-0.4, -0.2) is 31.3 Å². The summed E-state index contributed by atoms with van der Waals surface area (Å²) in [6, 6.07) is 19.7. The summed E-state index contributed by atoms with van der Waals surface area (Å²) < 4.78 is 5.38. The van der Waals surface area contributed by atoms with Crippen LogP contribution in [0.2, 0.25) is 0 Å². The van der Waals surface area contributed by atoms with Gasteiger partial charge in [-0.3, -0.25) is 4.99 Å². The van der Waals surface area contributed by atoms with Crippen LogP contribution < -0.4 is 0 Å². The highest BCUT2D eigenvalue weighted by Crippen LogP contribution is 2.17. The van der Waals surface area contributed by atoms with Crippen LogP contribution in [0, 0.1) is 0 Å². The lowest BCUT2D eigenvalue weighted by molar-refractivity contribution is -0.108. The molecule has 1 heterocycles. The molecule has 1 aliphatic rings. The monoisotopic (exact) mass is 333 g/mol. The van der Waals surface area contributed by atoms with Crippen LogP contribution in [-0.2, 0) is 9.53 Å². The highest BCUT2D eigenvalue weighted by atomic mass is 16.5. The van der Waals surface area contributed by atoms with Gasteiger partial charge in [0.1, 0.15) is 12.3 Å². The molecule has 2 aromatic rings. The summed E-state index contributed by atoms with van der Waals surface area (Å²) in [5, 5.41) is 0. The summed E-state index contributed by atoms with van der Waals surface area (Å²) in [6.45, 7) is 1.56. The number of hydrogen-bond donors (Lipinski definition) is 0. The Morgan fingerprint density at radius 1 is 0.960 bits per heavy atom. The second kappa shape index (κ2) is 9.09. The van der Waals surface area contributed by atoms with Crippen LogP contribution in [0.3, 0.4) is 0 Å². The van der Waals surface area contributed by atoms with Gasteiger partial charge in [0.05, 0.1) is 18.9 Å². The average molecular weight is 333 g/mol. The molecule has 128 valence electrons. The normalized spacial score (nSPS) is 15.3. The van der Waals surface area contributed by atoms with Crippen LogP contribution >= 0.6 is 0 Å². The van der Waals surface area contributed by atoms with E-state index in [-0.39, 0.29) is 6.04 Å². The predicted molar refractivity (Wildman–Crippen MR) is 101 cm³/mol. The molecule has 1 atom stereocenters. The van der Waals surface area contributed by atoms with Crippen molar-refractivity contribution in [1.29, 1.82) is 0 Å². The number of carbonyl (C=O) groups is 1. The third-order valence-electron chi connectivity index (χ3n) is 4.33. The lowest BCUT2D eigenvalue weighted by atomic mass is 10.0. The van der Waals surface area contributed by atoms with E-state index in [2.05, 4.69) is 6.08 Å². The Balaban J connectivity index is 1.86. The standard InChI is InChI=1S/C22H23NO2/c24-17-21(12-11-18-13-15-25-16-14-18)23-22(19-7-3-1-4-8-19)20-9-5-2-6-10-20/h1-11,17,21H,12-16H2/t21-/m1/s1. The van der Waals surface area contributed by atoms with Crippen molar-refractivity contribution >= 4 is 12.0 Å². The molecule has 3 rings (SSSR count). The Bertz CT molecular complexity index is 686. The van der Waals surface area contributed by atoms with Crippen LogP contribution in [0.4, 0.5) is 0 Å². The number of benzene rings is 2. The molecule has 0 aliphatic carbocycles. The molecule has 3 nitrogen and oxygen atoms in total. The quantitative estimate of drug-likeness (QED) is 0.451. The molecule has 0 amide bonds. The summed E-state index contributed by atoms with van der Waals surface area (Å²) in [5.74, 6) is 0. The fourth-order valence-corrected chi connectivity index (χ4v) is 2.94. The van der Waals surface area contributed by atoms with E-state index in [1.807, 2.05) is 60.7 Å². The zero-order chi connectivity index (χ0) is 17.3. The van der Waals surface area contributed by atoms with E-state index in [1.54, 1.807) is 0 Å². The van der Waals surface area contributed by atoms with E-state index < -0.39 is 0 Å². The molecule has 0 N–H and O–H groups in total. The number of carbonyl (C=O) groups excluding carboxylic acids is 1. The minimum atomic E-state index is -0.370. The largest absolute Gasteiger partial charge is 0.381 e. The zero-order valence-corrected chi connectivity index (χ0v) is 14.3. The maximum Gasteiger partial charge on any atom is 0.144 e. The zero-order valence-electron chi connectivity index (χ0n) is 14.3. The first-order chi connectivity index (χ1) is 12.4. The van der Waals surface area contributed by atoms with Gasteiger partial charge in [-0.15, -0.1) is 0 Å². The van der Waals surface area contributed by atoms with Crippen LogP contribution in [0.1, 0.15) is 30.4 Å². The van der Waals surface area contributed by atoms with Crippen molar-refractivity contribution in [2.75, 3.05) is 13.2 Å². The van der Waals surface area contributed by atoms with Crippen LogP contribution in [0.25, 0.3) is 0 Å². The Hall–Kier alpha value is -2.52. The van der Waals surface area contributed by atoms with Crippen LogP contribution in [0.5, 0.6) is 0 Å². The average Bonchev–Trinajstić information content (AvgIpc) is 2.70. The van der Waals surface area contributed by atoms with Crippen molar-refractivity contribution < 1.29 is 9.53 Å². The smallest absolute Gasteiger partial charge is 0.144 e. The second-order valence-corrected chi connectivity index (χ2v) is 6.12. The number of nitrogens with zero attached hydrogens (tertiary/aromatic N) is 1. The molecular weight excluding hydrogens is 310 g/mol. The van der Waals surface area contributed by atoms with E-state index in [1.165, 1.54) is 5.57 Å². The van der Waals surface area contributed by atoms with Gasteiger partial charge in [-0.2, -0.15) is 0 Å². The molecule has 0 unspecified atom stereocenters. The van der Waals surface area contributed by atoms with Gasteiger partial charge in [0.15, 0.2) is 0 Å². The molecule has 3 heteroatoms. The predicted octanol–water partition coefficient (Wildman–Crippen LogP) is 4.22. The molecule has 0 saturated carbocycles. The van der Waals surface area contributed by atoms with Gasteiger partial charge in [0, 0.05) is 11.1 Å².